The number of para-hydroxylation sites is 1. The Morgan fingerprint density at radius 3 is 2.80 bits per heavy atom. The van der Waals surface area contributed by atoms with Gasteiger partial charge in [-0.05, 0) is 29.3 Å². The number of rotatable bonds is 5. The van der Waals surface area contributed by atoms with Gasteiger partial charge in [0.1, 0.15) is 0 Å². The van der Waals surface area contributed by atoms with Crippen LogP contribution in [-0.2, 0) is 10.2 Å². The zero-order valence-corrected chi connectivity index (χ0v) is 17.6. The lowest BCUT2D eigenvalue weighted by atomic mass is 9.84. The van der Waals surface area contributed by atoms with Crippen LogP contribution in [0.4, 0.5) is 5.69 Å². The van der Waals surface area contributed by atoms with Crippen molar-refractivity contribution in [1.82, 2.24) is 10.6 Å². The van der Waals surface area contributed by atoms with Crippen LogP contribution in [0.5, 0.6) is 11.5 Å². The predicted octanol–water partition coefficient (Wildman–Crippen LogP) is 2.98. The minimum Gasteiger partial charge on any atom is -0.454 e. The summed E-state index contributed by atoms with van der Waals surface area (Å²) in [6, 6.07) is 14.0. The van der Waals surface area contributed by atoms with Crippen molar-refractivity contribution in [2.75, 3.05) is 32.2 Å². The Morgan fingerprint density at radius 2 is 1.97 bits per heavy atom. The summed E-state index contributed by atoms with van der Waals surface area (Å²) in [5.74, 6) is 2.45. The molecule has 3 N–H and O–H groups in total. The lowest BCUT2D eigenvalue weighted by molar-refractivity contribution is -0.116. The number of amides is 1. The quantitative estimate of drug-likeness (QED) is 0.523. The number of benzene rings is 2. The van der Waals surface area contributed by atoms with Crippen LogP contribution in [-0.4, -0.2) is 38.8 Å². The Labute approximate surface area is 176 Å². The maximum Gasteiger partial charge on any atom is 0.231 e. The van der Waals surface area contributed by atoms with Crippen molar-refractivity contribution in [1.29, 1.82) is 0 Å². The third-order valence-electron chi connectivity index (χ3n) is 5.70. The highest BCUT2D eigenvalue weighted by atomic mass is 16.7. The Morgan fingerprint density at radius 1 is 1.17 bits per heavy atom. The number of guanidine groups is 1. The Balaban J connectivity index is 1.37. The van der Waals surface area contributed by atoms with E-state index < -0.39 is 0 Å². The zero-order valence-electron chi connectivity index (χ0n) is 17.6. The van der Waals surface area contributed by atoms with Gasteiger partial charge in [-0.2, -0.15) is 0 Å². The second-order valence-corrected chi connectivity index (χ2v) is 8.30. The van der Waals surface area contributed by atoms with Gasteiger partial charge in [0.15, 0.2) is 17.5 Å². The smallest absolute Gasteiger partial charge is 0.231 e. The second kappa shape index (κ2) is 8.26. The summed E-state index contributed by atoms with van der Waals surface area (Å²) in [5, 5.41) is 9.74. The summed E-state index contributed by atoms with van der Waals surface area (Å²) in [6.45, 7) is 5.94. The van der Waals surface area contributed by atoms with Crippen molar-refractivity contribution in [2.45, 2.75) is 31.6 Å². The molecule has 0 aromatic heterocycles. The molecule has 158 valence electrons. The van der Waals surface area contributed by atoms with E-state index in [9.17, 15) is 4.79 Å². The Bertz CT molecular complexity index is 971. The molecule has 2 aromatic carbocycles. The molecule has 0 saturated heterocycles. The monoisotopic (exact) mass is 408 g/mol. The minimum atomic E-state index is -0.143. The number of hydrogen-bond donors (Lipinski definition) is 3. The van der Waals surface area contributed by atoms with Gasteiger partial charge in [-0.15, -0.1) is 0 Å². The molecule has 1 atom stereocenters. The highest BCUT2D eigenvalue weighted by Crippen LogP contribution is 2.36. The van der Waals surface area contributed by atoms with Crippen LogP contribution >= 0.6 is 0 Å². The fourth-order valence-corrected chi connectivity index (χ4v) is 3.85. The summed E-state index contributed by atoms with van der Waals surface area (Å²) in [4.78, 5) is 16.4. The highest BCUT2D eigenvalue weighted by molar-refractivity contribution is 5.94. The molecule has 0 saturated carbocycles. The average Bonchev–Trinajstić information content (AvgIpc) is 3.21. The molecule has 7 nitrogen and oxygen atoms in total. The SMILES string of the molecule is CN=C(NCC1CC(=O)Nc2ccccc21)NCC(C)(C)c1ccc2c(c1)OCO2. The number of aliphatic imine (C=N–C) groups is 1. The molecule has 2 aromatic rings. The molecule has 2 aliphatic rings. The Hall–Kier alpha value is -3.22. The molecule has 4 rings (SSSR count). The van der Waals surface area contributed by atoms with E-state index in [4.69, 9.17) is 9.47 Å². The summed E-state index contributed by atoms with van der Waals surface area (Å²) >= 11 is 0. The predicted molar refractivity (Wildman–Crippen MR) is 117 cm³/mol. The van der Waals surface area contributed by atoms with Gasteiger partial charge in [-0.25, -0.2) is 0 Å². The van der Waals surface area contributed by atoms with Crippen molar-refractivity contribution in [3.63, 3.8) is 0 Å². The van der Waals surface area contributed by atoms with Crippen LogP contribution in [0.1, 0.15) is 37.3 Å². The lowest BCUT2D eigenvalue weighted by Gasteiger charge is -2.29. The van der Waals surface area contributed by atoms with Crippen LogP contribution < -0.4 is 25.4 Å². The lowest BCUT2D eigenvalue weighted by Crippen LogP contribution is -2.45. The van der Waals surface area contributed by atoms with Crippen LogP contribution in [0.15, 0.2) is 47.5 Å². The average molecular weight is 409 g/mol. The first-order valence-electron chi connectivity index (χ1n) is 10.2. The van der Waals surface area contributed by atoms with E-state index in [1.165, 1.54) is 0 Å². The van der Waals surface area contributed by atoms with E-state index in [1.54, 1.807) is 7.05 Å². The van der Waals surface area contributed by atoms with E-state index >= 15 is 0 Å². The number of carbonyl (C=O) groups is 1. The fourth-order valence-electron chi connectivity index (χ4n) is 3.85. The third-order valence-corrected chi connectivity index (χ3v) is 5.70. The Kier molecular flexibility index (Phi) is 5.53. The molecule has 0 fully saturated rings. The first-order valence-corrected chi connectivity index (χ1v) is 10.2. The normalized spacial score (nSPS) is 17.9. The number of nitrogens with zero attached hydrogens (tertiary/aromatic N) is 1. The number of carbonyl (C=O) groups excluding carboxylic acids is 1. The van der Waals surface area contributed by atoms with Crippen molar-refractivity contribution in [2.24, 2.45) is 4.99 Å². The highest BCUT2D eigenvalue weighted by Gasteiger charge is 2.26. The molecular weight excluding hydrogens is 380 g/mol. The molecule has 30 heavy (non-hydrogen) atoms. The second-order valence-electron chi connectivity index (χ2n) is 8.30. The number of nitrogens with one attached hydrogen (secondary N) is 3. The molecular formula is C23H28N4O3. The van der Waals surface area contributed by atoms with Crippen LogP contribution in [0.3, 0.4) is 0 Å². The molecule has 0 bridgehead atoms. The number of ether oxygens (including phenoxy) is 2. The molecule has 0 radical (unpaired) electrons. The zero-order chi connectivity index (χ0) is 21.1. The van der Waals surface area contributed by atoms with Gasteiger partial charge in [0.05, 0.1) is 0 Å². The number of hydrogen-bond acceptors (Lipinski definition) is 4. The van der Waals surface area contributed by atoms with Crippen molar-refractivity contribution in [3.8, 4) is 11.5 Å². The van der Waals surface area contributed by atoms with Gasteiger partial charge in [0.2, 0.25) is 12.7 Å². The maximum absolute atomic E-state index is 12.0. The van der Waals surface area contributed by atoms with Crippen molar-refractivity contribution < 1.29 is 14.3 Å². The summed E-state index contributed by atoms with van der Waals surface area (Å²) in [5.41, 5.74) is 3.07. The van der Waals surface area contributed by atoms with Gasteiger partial charge in [-0.1, -0.05) is 38.1 Å². The van der Waals surface area contributed by atoms with Gasteiger partial charge >= 0.3 is 0 Å². The topological polar surface area (TPSA) is 84.0 Å². The number of anilines is 1. The van der Waals surface area contributed by atoms with Crippen molar-refractivity contribution >= 4 is 17.6 Å². The van der Waals surface area contributed by atoms with Crippen LogP contribution in [0, 0.1) is 0 Å². The molecule has 1 unspecified atom stereocenters. The van der Waals surface area contributed by atoms with Crippen LogP contribution in [0.25, 0.3) is 0 Å². The van der Waals surface area contributed by atoms with Gasteiger partial charge in [-0.3, -0.25) is 9.79 Å². The van der Waals surface area contributed by atoms with E-state index in [0.717, 1.165) is 28.3 Å². The van der Waals surface area contributed by atoms with E-state index in [2.05, 4.69) is 46.9 Å². The number of fused-ring (bicyclic) bond motifs is 2. The minimum absolute atomic E-state index is 0.0485. The molecule has 1 amide bonds. The van der Waals surface area contributed by atoms with Crippen molar-refractivity contribution in [3.05, 3.63) is 53.6 Å². The third kappa shape index (κ3) is 4.20. The summed E-state index contributed by atoms with van der Waals surface area (Å²) in [7, 11) is 1.75. The molecule has 0 aliphatic carbocycles. The first kappa shape index (κ1) is 20.1. The molecule has 7 heteroatoms. The molecule has 0 spiro atoms. The van der Waals surface area contributed by atoms with Gasteiger partial charge in [0.25, 0.3) is 0 Å². The van der Waals surface area contributed by atoms with Gasteiger partial charge < -0.3 is 25.4 Å². The molecule has 2 heterocycles. The standard InChI is InChI=1S/C23H28N4O3/c1-23(2,16-8-9-19-20(11-16)30-14-29-19)13-26-22(24-3)25-12-15-10-21(28)27-18-7-5-4-6-17(15)18/h4-9,11,15H,10,12-14H2,1-3H3,(H,27,28)(H2,24,25,26). The summed E-state index contributed by atoms with van der Waals surface area (Å²) < 4.78 is 10.9. The molecule has 2 aliphatic heterocycles. The first-order chi connectivity index (χ1) is 14.5. The largest absolute Gasteiger partial charge is 0.454 e. The fraction of sp³-hybridized carbons (Fsp3) is 0.391. The van der Waals surface area contributed by atoms with E-state index in [1.807, 2.05) is 30.3 Å². The van der Waals surface area contributed by atoms with Gasteiger partial charge in [0, 0.05) is 43.6 Å². The van der Waals surface area contributed by atoms with E-state index in [-0.39, 0.29) is 24.0 Å². The summed E-state index contributed by atoms with van der Waals surface area (Å²) in [6.07, 6.45) is 0.462. The van der Waals surface area contributed by atoms with Crippen LogP contribution in [0.2, 0.25) is 0 Å². The van der Waals surface area contributed by atoms with E-state index in [0.29, 0.717) is 25.5 Å². The maximum atomic E-state index is 12.0.